The van der Waals surface area contributed by atoms with Crippen molar-refractivity contribution in [2.24, 2.45) is 0 Å². The third kappa shape index (κ3) is 5.00. The van der Waals surface area contributed by atoms with Gasteiger partial charge in [0.25, 0.3) is 0 Å². The van der Waals surface area contributed by atoms with Gasteiger partial charge in [0.05, 0.1) is 16.8 Å². The Balaban J connectivity index is 1.79. The van der Waals surface area contributed by atoms with E-state index in [-0.39, 0.29) is 11.6 Å². The van der Waals surface area contributed by atoms with Gasteiger partial charge in [-0.15, -0.1) is 0 Å². The number of hydrogen-bond donors (Lipinski definition) is 2. The highest BCUT2D eigenvalue weighted by Gasteiger charge is 2.36. The Kier molecular flexibility index (Phi) is 5.60. The lowest BCUT2D eigenvalue weighted by molar-refractivity contribution is -0.143. The summed E-state index contributed by atoms with van der Waals surface area (Å²) in [5, 5.41) is 6.28. The van der Waals surface area contributed by atoms with Crippen LogP contribution in [0.1, 0.15) is 22.4 Å². The number of aryl methyl sites for hydroxylation is 1. The molecule has 0 atom stereocenters. The van der Waals surface area contributed by atoms with Gasteiger partial charge in [-0.3, -0.25) is 4.98 Å². The van der Waals surface area contributed by atoms with Crippen molar-refractivity contribution < 1.29 is 31.1 Å². The first-order chi connectivity index (χ1) is 13.9. The number of benzene rings is 2. The number of fused-ring (bicyclic) bond motifs is 1. The molecule has 30 heavy (non-hydrogen) atoms. The Morgan fingerprint density at radius 2 is 1.60 bits per heavy atom. The van der Waals surface area contributed by atoms with Crippen molar-refractivity contribution in [3.8, 4) is 0 Å². The van der Waals surface area contributed by atoms with Crippen LogP contribution in [-0.2, 0) is 18.9 Å². The second-order valence-corrected chi connectivity index (χ2v) is 6.57. The molecule has 10 heteroatoms. The molecule has 4 nitrogen and oxygen atoms in total. The molecule has 0 bridgehead atoms. The molecule has 158 valence electrons. The first kappa shape index (κ1) is 21.4. The Labute approximate surface area is 166 Å². The number of carbonyl (C=O) groups is 1. The van der Waals surface area contributed by atoms with Crippen molar-refractivity contribution in [2.45, 2.75) is 25.8 Å². The lowest BCUT2D eigenvalue weighted by Crippen LogP contribution is -2.28. The van der Waals surface area contributed by atoms with Gasteiger partial charge in [-0.1, -0.05) is 12.1 Å². The Bertz CT molecular complexity index is 1060. The highest BCUT2D eigenvalue weighted by Crippen LogP contribution is 2.36. The minimum absolute atomic E-state index is 0.0377. The van der Waals surface area contributed by atoms with Crippen LogP contribution < -0.4 is 10.6 Å². The van der Waals surface area contributed by atoms with Gasteiger partial charge in [0.15, 0.2) is 0 Å². The zero-order valence-corrected chi connectivity index (χ0v) is 15.4. The van der Waals surface area contributed by atoms with Crippen LogP contribution in [0, 0.1) is 6.92 Å². The minimum Gasteiger partial charge on any atom is -0.334 e. The van der Waals surface area contributed by atoms with E-state index in [1.807, 2.05) is 0 Å². The third-order valence-corrected chi connectivity index (χ3v) is 4.25. The Morgan fingerprint density at radius 1 is 0.967 bits per heavy atom. The number of halogens is 6. The van der Waals surface area contributed by atoms with Gasteiger partial charge in [-0.25, -0.2) is 4.79 Å². The molecule has 0 aliphatic rings. The molecule has 0 aliphatic heterocycles. The fraction of sp³-hybridized carbons (Fsp3) is 0.200. The van der Waals surface area contributed by atoms with Gasteiger partial charge in [-0.05, 0) is 42.8 Å². The number of amides is 2. The number of alkyl halides is 6. The van der Waals surface area contributed by atoms with E-state index in [4.69, 9.17) is 0 Å². The van der Waals surface area contributed by atoms with Crippen LogP contribution >= 0.6 is 0 Å². The first-order valence-corrected chi connectivity index (χ1v) is 8.62. The summed E-state index contributed by atoms with van der Waals surface area (Å²) < 4.78 is 77.6. The smallest absolute Gasteiger partial charge is 0.334 e. The molecule has 0 radical (unpaired) electrons. The molecular weight excluding hydrogens is 412 g/mol. The van der Waals surface area contributed by atoms with E-state index >= 15 is 0 Å². The maximum absolute atomic E-state index is 12.9. The van der Waals surface area contributed by atoms with Crippen LogP contribution in [0.2, 0.25) is 0 Å². The maximum Gasteiger partial charge on any atom is 0.416 e. The standard InChI is InChI=1S/C20H15F6N3O/c1-11-5-16-13(10-27-11)3-2-4-17(16)29-18(30)28-9-12-6-14(19(21,22)23)8-15(7-12)20(24,25)26/h2-8,10H,9H2,1H3,(H2,28,29,30). The van der Waals surface area contributed by atoms with E-state index in [0.29, 0.717) is 28.9 Å². The summed E-state index contributed by atoms with van der Waals surface area (Å²) in [6.07, 6.45) is -8.28. The zero-order valence-electron chi connectivity index (χ0n) is 15.4. The molecule has 0 saturated carbocycles. The molecule has 0 fully saturated rings. The number of anilines is 1. The molecule has 2 N–H and O–H groups in total. The molecule has 0 saturated heterocycles. The number of aromatic nitrogens is 1. The van der Waals surface area contributed by atoms with Crippen LogP contribution in [0.15, 0.2) is 48.7 Å². The third-order valence-electron chi connectivity index (χ3n) is 4.25. The number of hydrogen-bond acceptors (Lipinski definition) is 2. The van der Waals surface area contributed by atoms with Gasteiger partial charge < -0.3 is 10.6 Å². The molecule has 1 aromatic heterocycles. The topological polar surface area (TPSA) is 54.0 Å². The monoisotopic (exact) mass is 427 g/mol. The lowest BCUT2D eigenvalue weighted by atomic mass is 10.0. The van der Waals surface area contributed by atoms with Crippen LogP contribution in [0.5, 0.6) is 0 Å². The number of pyridine rings is 1. The largest absolute Gasteiger partial charge is 0.416 e. The first-order valence-electron chi connectivity index (χ1n) is 8.62. The molecule has 0 spiro atoms. The second-order valence-electron chi connectivity index (χ2n) is 6.57. The lowest BCUT2D eigenvalue weighted by Gasteiger charge is -2.15. The number of nitrogens with zero attached hydrogens (tertiary/aromatic N) is 1. The van der Waals surface area contributed by atoms with Crippen molar-refractivity contribution in [1.29, 1.82) is 0 Å². The van der Waals surface area contributed by atoms with Crippen LogP contribution in [0.3, 0.4) is 0 Å². The summed E-state index contributed by atoms with van der Waals surface area (Å²) in [6, 6.07) is 7.23. The average Bonchev–Trinajstić information content (AvgIpc) is 2.65. The van der Waals surface area contributed by atoms with E-state index in [0.717, 1.165) is 5.39 Å². The second kappa shape index (κ2) is 7.85. The van der Waals surface area contributed by atoms with Gasteiger partial charge in [0, 0.05) is 29.2 Å². The summed E-state index contributed by atoms with van der Waals surface area (Å²) in [5.41, 5.74) is -2.07. The fourth-order valence-electron chi connectivity index (χ4n) is 2.85. The zero-order chi connectivity index (χ0) is 22.1. The molecule has 0 aliphatic carbocycles. The Hall–Kier alpha value is -3.30. The van der Waals surface area contributed by atoms with Crippen LogP contribution in [-0.4, -0.2) is 11.0 Å². The molecule has 2 aromatic carbocycles. The maximum atomic E-state index is 12.9. The van der Waals surface area contributed by atoms with Gasteiger partial charge in [0.2, 0.25) is 0 Å². The molecule has 0 unspecified atom stereocenters. The van der Waals surface area contributed by atoms with Crippen molar-refractivity contribution in [2.75, 3.05) is 5.32 Å². The van der Waals surface area contributed by atoms with E-state index in [1.165, 1.54) is 0 Å². The van der Waals surface area contributed by atoms with Crippen molar-refractivity contribution in [3.63, 3.8) is 0 Å². The van der Waals surface area contributed by atoms with E-state index in [1.54, 1.807) is 37.4 Å². The van der Waals surface area contributed by atoms with Crippen molar-refractivity contribution in [3.05, 3.63) is 71.0 Å². The average molecular weight is 427 g/mol. The predicted octanol–water partition coefficient (Wildman–Crippen LogP) is 5.90. The van der Waals surface area contributed by atoms with Crippen molar-refractivity contribution >= 4 is 22.5 Å². The summed E-state index contributed by atoms with van der Waals surface area (Å²) >= 11 is 0. The molecule has 3 rings (SSSR count). The fourth-order valence-corrected chi connectivity index (χ4v) is 2.85. The highest BCUT2D eigenvalue weighted by molar-refractivity contribution is 6.01. The van der Waals surface area contributed by atoms with Crippen LogP contribution in [0.4, 0.5) is 36.8 Å². The summed E-state index contributed by atoms with van der Waals surface area (Å²) in [5.74, 6) is 0. The summed E-state index contributed by atoms with van der Waals surface area (Å²) in [7, 11) is 0. The van der Waals surface area contributed by atoms with Crippen molar-refractivity contribution in [1.82, 2.24) is 10.3 Å². The van der Waals surface area contributed by atoms with Gasteiger partial charge >= 0.3 is 18.4 Å². The molecule has 1 heterocycles. The summed E-state index contributed by atoms with van der Waals surface area (Å²) in [4.78, 5) is 16.3. The molecule has 3 aromatic rings. The normalized spacial score (nSPS) is 12.1. The number of rotatable bonds is 3. The SMILES string of the molecule is Cc1cc2c(NC(=O)NCc3cc(C(F)(F)F)cc(C(F)(F)F)c3)cccc2cn1. The molecular formula is C20H15F6N3O. The quantitative estimate of drug-likeness (QED) is 0.511. The van der Waals surface area contributed by atoms with Crippen LogP contribution in [0.25, 0.3) is 10.8 Å². The van der Waals surface area contributed by atoms with E-state index in [2.05, 4.69) is 15.6 Å². The number of urea groups is 1. The number of carbonyl (C=O) groups excluding carboxylic acids is 1. The Morgan fingerprint density at radius 3 is 2.20 bits per heavy atom. The van der Waals surface area contributed by atoms with Gasteiger partial charge in [-0.2, -0.15) is 26.3 Å². The minimum atomic E-state index is -4.95. The van der Waals surface area contributed by atoms with E-state index in [9.17, 15) is 31.1 Å². The highest BCUT2D eigenvalue weighted by atomic mass is 19.4. The number of nitrogens with one attached hydrogen (secondary N) is 2. The summed E-state index contributed by atoms with van der Waals surface area (Å²) in [6.45, 7) is 1.24. The molecule has 2 amide bonds. The van der Waals surface area contributed by atoms with E-state index < -0.39 is 36.1 Å². The van der Waals surface area contributed by atoms with Gasteiger partial charge in [0.1, 0.15) is 0 Å². The predicted molar refractivity (Wildman–Crippen MR) is 98.8 cm³/mol.